The minimum Gasteiger partial charge on any atom is -0.296 e. The highest BCUT2D eigenvalue weighted by Crippen LogP contribution is 2.27. The third kappa shape index (κ3) is 4.30. The van der Waals surface area contributed by atoms with Crippen molar-refractivity contribution in [1.29, 1.82) is 0 Å². The van der Waals surface area contributed by atoms with Crippen molar-refractivity contribution < 1.29 is 4.79 Å². The van der Waals surface area contributed by atoms with Gasteiger partial charge < -0.3 is 0 Å². The van der Waals surface area contributed by atoms with Crippen LogP contribution >= 0.6 is 23.1 Å². The van der Waals surface area contributed by atoms with E-state index in [-0.39, 0.29) is 5.91 Å². The molecule has 0 aliphatic rings. The van der Waals surface area contributed by atoms with Gasteiger partial charge in [0.2, 0.25) is 5.13 Å². The maximum absolute atomic E-state index is 12.5. The Kier molecular flexibility index (Phi) is 5.97. The SMILES string of the molecule is CCCCSc1nnc(NC(=O)c2c(C)cc(C)cc2C)s1. The van der Waals surface area contributed by atoms with Gasteiger partial charge in [-0.25, -0.2) is 0 Å². The molecule has 0 bridgehead atoms. The zero-order valence-electron chi connectivity index (χ0n) is 13.4. The molecule has 1 heterocycles. The van der Waals surface area contributed by atoms with Crippen molar-refractivity contribution in [1.82, 2.24) is 10.2 Å². The van der Waals surface area contributed by atoms with Crippen LogP contribution in [0.25, 0.3) is 0 Å². The highest BCUT2D eigenvalue weighted by atomic mass is 32.2. The lowest BCUT2D eigenvalue weighted by atomic mass is 9.99. The van der Waals surface area contributed by atoms with Gasteiger partial charge in [-0.1, -0.05) is 54.1 Å². The number of unbranched alkanes of at least 4 members (excludes halogenated alkanes) is 1. The lowest BCUT2D eigenvalue weighted by Crippen LogP contribution is -2.15. The van der Waals surface area contributed by atoms with Crippen molar-refractivity contribution >= 4 is 34.1 Å². The number of benzene rings is 1. The van der Waals surface area contributed by atoms with Gasteiger partial charge in [0.05, 0.1) is 0 Å². The van der Waals surface area contributed by atoms with E-state index in [0.717, 1.165) is 38.8 Å². The molecule has 118 valence electrons. The number of amides is 1. The van der Waals surface area contributed by atoms with Gasteiger partial charge in [-0.2, -0.15) is 0 Å². The van der Waals surface area contributed by atoms with E-state index < -0.39 is 0 Å². The fourth-order valence-electron chi connectivity index (χ4n) is 2.32. The fourth-order valence-corrected chi connectivity index (χ4v) is 4.22. The Morgan fingerprint density at radius 1 is 1.23 bits per heavy atom. The van der Waals surface area contributed by atoms with Crippen LogP contribution in [0.1, 0.15) is 46.8 Å². The van der Waals surface area contributed by atoms with Crippen LogP contribution in [0.4, 0.5) is 5.13 Å². The number of carbonyl (C=O) groups excluding carboxylic acids is 1. The molecule has 0 saturated carbocycles. The van der Waals surface area contributed by atoms with Gasteiger partial charge in [0, 0.05) is 11.3 Å². The van der Waals surface area contributed by atoms with Crippen LogP contribution in [0.15, 0.2) is 16.5 Å². The molecule has 1 aromatic carbocycles. The second-order valence-electron chi connectivity index (χ2n) is 5.30. The summed E-state index contributed by atoms with van der Waals surface area (Å²) >= 11 is 3.12. The van der Waals surface area contributed by atoms with Gasteiger partial charge in [0.1, 0.15) is 0 Å². The molecule has 0 aliphatic carbocycles. The molecule has 0 fully saturated rings. The van der Waals surface area contributed by atoms with E-state index in [0.29, 0.717) is 5.13 Å². The number of nitrogens with one attached hydrogen (secondary N) is 1. The van der Waals surface area contributed by atoms with E-state index in [9.17, 15) is 4.79 Å². The van der Waals surface area contributed by atoms with Crippen LogP contribution in [-0.2, 0) is 0 Å². The van der Waals surface area contributed by atoms with Crippen molar-refractivity contribution in [3.63, 3.8) is 0 Å². The first-order valence-electron chi connectivity index (χ1n) is 7.36. The van der Waals surface area contributed by atoms with Gasteiger partial charge in [-0.3, -0.25) is 10.1 Å². The number of anilines is 1. The Morgan fingerprint density at radius 2 is 1.91 bits per heavy atom. The number of aryl methyl sites for hydroxylation is 3. The molecular formula is C16H21N3OS2. The number of hydrogen-bond donors (Lipinski definition) is 1. The molecule has 0 radical (unpaired) electrons. The van der Waals surface area contributed by atoms with Gasteiger partial charge in [-0.15, -0.1) is 10.2 Å². The molecule has 22 heavy (non-hydrogen) atoms. The molecule has 4 nitrogen and oxygen atoms in total. The molecule has 0 saturated heterocycles. The quantitative estimate of drug-likeness (QED) is 0.476. The number of nitrogens with zero attached hydrogens (tertiary/aromatic N) is 2. The Hall–Kier alpha value is -1.40. The first-order chi connectivity index (χ1) is 10.5. The highest BCUT2D eigenvalue weighted by molar-refractivity contribution is 8.01. The second kappa shape index (κ2) is 7.74. The van der Waals surface area contributed by atoms with E-state index in [2.05, 4.69) is 22.4 Å². The molecule has 0 spiro atoms. The maximum Gasteiger partial charge on any atom is 0.258 e. The molecular weight excluding hydrogens is 314 g/mol. The largest absolute Gasteiger partial charge is 0.296 e. The van der Waals surface area contributed by atoms with E-state index in [1.165, 1.54) is 17.8 Å². The molecule has 0 unspecified atom stereocenters. The number of carbonyl (C=O) groups is 1. The van der Waals surface area contributed by atoms with E-state index in [1.807, 2.05) is 32.9 Å². The van der Waals surface area contributed by atoms with Gasteiger partial charge in [0.15, 0.2) is 4.34 Å². The Morgan fingerprint density at radius 3 is 2.55 bits per heavy atom. The van der Waals surface area contributed by atoms with Crippen LogP contribution in [0, 0.1) is 20.8 Å². The lowest BCUT2D eigenvalue weighted by molar-refractivity contribution is 0.102. The van der Waals surface area contributed by atoms with Gasteiger partial charge in [-0.05, 0) is 38.3 Å². The average Bonchev–Trinajstić information content (AvgIpc) is 2.85. The minimum atomic E-state index is -0.115. The van der Waals surface area contributed by atoms with Gasteiger partial charge >= 0.3 is 0 Å². The maximum atomic E-state index is 12.5. The predicted octanol–water partition coefficient (Wildman–Crippen LogP) is 4.61. The normalized spacial score (nSPS) is 10.7. The summed E-state index contributed by atoms with van der Waals surface area (Å²) in [6.45, 7) is 8.12. The summed E-state index contributed by atoms with van der Waals surface area (Å²) in [6, 6.07) is 4.04. The summed E-state index contributed by atoms with van der Waals surface area (Å²) in [4.78, 5) is 12.5. The topological polar surface area (TPSA) is 54.9 Å². The zero-order chi connectivity index (χ0) is 16.1. The lowest BCUT2D eigenvalue weighted by Gasteiger charge is -2.10. The summed E-state index contributed by atoms with van der Waals surface area (Å²) in [6.07, 6.45) is 2.33. The zero-order valence-corrected chi connectivity index (χ0v) is 15.0. The smallest absolute Gasteiger partial charge is 0.258 e. The Balaban J connectivity index is 2.06. The first kappa shape index (κ1) is 17.0. The van der Waals surface area contributed by atoms with Crippen LogP contribution in [-0.4, -0.2) is 21.9 Å². The van der Waals surface area contributed by atoms with Crippen LogP contribution in [0.2, 0.25) is 0 Å². The number of hydrogen-bond acceptors (Lipinski definition) is 5. The number of rotatable bonds is 6. The molecule has 1 N–H and O–H groups in total. The van der Waals surface area contributed by atoms with Gasteiger partial charge in [0.25, 0.3) is 5.91 Å². The molecule has 6 heteroatoms. The molecule has 1 amide bonds. The fraction of sp³-hybridized carbons (Fsp3) is 0.438. The van der Waals surface area contributed by atoms with E-state index in [1.54, 1.807) is 11.8 Å². The minimum absolute atomic E-state index is 0.115. The van der Waals surface area contributed by atoms with Crippen LogP contribution in [0.3, 0.4) is 0 Å². The summed E-state index contributed by atoms with van der Waals surface area (Å²) in [5.74, 6) is 0.922. The summed E-state index contributed by atoms with van der Waals surface area (Å²) in [7, 11) is 0. The monoisotopic (exact) mass is 335 g/mol. The van der Waals surface area contributed by atoms with Crippen molar-refractivity contribution in [2.75, 3.05) is 11.1 Å². The summed E-state index contributed by atoms with van der Waals surface area (Å²) in [5.41, 5.74) is 3.85. The number of aromatic nitrogens is 2. The molecule has 1 aromatic heterocycles. The van der Waals surface area contributed by atoms with E-state index in [4.69, 9.17) is 0 Å². The van der Waals surface area contributed by atoms with E-state index >= 15 is 0 Å². The van der Waals surface area contributed by atoms with Crippen molar-refractivity contribution in [2.45, 2.75) is 44.9 Å². The molecule has 0 atom stereocenters. The van der Waals surface area contributed by atoms with Crippen LogP contribution in [0.5, 0.6) is 0 Å². The van der Waals surface area contributed by atoms with Crippen molar-refractivity contribution in [3.8, 4) is 0 Å². The Bertz CT molecular complexity index is 644. The third-order valence-electron chi connectivity index (χ3n) is 3.25. The summed E-state index contributed by atoms with van der Waals surface area (Å²) < 4.78 is 0.904. The highest BCUT2D eigenvalue weighted by Gasteiger charge is 2.15. The standard InChI is InChI=1S/C16H21N3OS2/c1-5-6-7-21-16-19-18-15(22-16)17-14(20)13-11(3)8-10(2)9-12(13)4/h8-9H,5-7H2,1-4H3,(H,17,18,20). The Labute approximate surface area is 139 Å². The predicted molar refractivity (Wildman–Crippen MR) is 94.1 cm³/mol. The molecule has 2 rings (SSSR count). The average molecular weight is 335 g/mol. The van der Waals surface area contributed by atoms with Crippen molar-refractivity contribution in [3.05, 3.63) is 34.4 Å². The second-order valence-corrected chi connectivity index (χ2v) is 7.62. The molecule has 0 aliphatic heterocycles. The third-order valence-corrected chi connectivity index (χ3v) is 5.31. The van der Waals surface area contributed by atoms with Crippen molar-refractivity contribution in [2.24, 2.45) is 0 Å². The first-order valence-corrected chi connectivity index (χ1v) is 9.17. The molecule has 2 aromatic rings. The number of thioether (sulfide) groups is 1. The summed E-state index contributed by atoms with van der Waals surface area (Å²) in [5, 5.41) is 11.6. The van der Waals surface area contributed by atoms with Crippen LogP contribution < -0.4 is 5.32 Å².